The number of pyridine rings is 1. The highest BCUT2D eigenvalue weighted by atomic mass is 127. The lowest BCUT2D eigenvalue weighted by Gasteiger charge is -2.15. The summed E-state index contributed by atoms with van der Waals surface area (Å²) >= 11 is 0. The van der Waals surface area contributed by atoms with E-state index in [1.165, 1.54) is 0 Å². The number of methoxy groups -OCH3 is 1. The summed E-state index contributed by atoms with van der Waals surface area (Å²) in [6.07, 6.45) is 2.67. The first-order valence-corrected chi connectivity index (χ1v) is 8.94. The van der Waals surface area contributed by atoms with Crippen LogP contribution in [0.4, 0.5) is 11.5 Å². The van der Waals surface area contributed by atoms with Gasteiger partial charge in [0.25, 0.3) is 0 Å². The number of aromatic nitrogens is 1. The third kappa shape index (κ3) is 8.30. The predicted molar refractivity (Wildman–Crippen MR) is 126 cm³/mol. The van der Waals surface area contributed by atoms with Crippen molar-refractivity contribution < 1.29 is 9.47 Å². The number of nitrogens with one attached hydrogen (secondary N) is 2. The molecule has 0 spiro atoms. The van der Waals surface area contributed by atoms with E-state index >= 15 is 0 Å². The van der Waals surface area contributed by atoms with Gasteiger partial charge in [0.15, 0.2) is 5.96 Å². The number of hydrogen-bond donors (Lipinski definition) is 2. The molecule has 2 aromatic rings. The number of nitrogens with zero attached hydrogens (tertiary/aromatic N) is 3. The highest BCUT2D eigenvalue weighted by Gasteiger charge is 2.03. The van der Waals surface area contributed by atoms with Gasteiger partial charge in [0.05, 0.1) is 6.61 Å². The molecular formula is C20H30IN5O2. The Bertz CT molecular complexity index is 740. The first-order chi connectivity index (χ1) is 13.1. The molecule has 2 N–H and O–H groups in total. The van der Waals surface area contributed by atoms with Gasteiger partial charge < -0.3 is 25.0 Å². The first-order valence-electron chi connectivity index (χ1n) is 8.94. The molecule has 0 saturated carbocycles. The Morgan fingerprint density at radius 1 is 1.18 bits per heavy atom. The Labute approximate surface area is 184 Å². The number of halogens is 1. The van der Waals surface area contributed by atoms with E-state index in [2.05, 4.69) is 26.7 Å². The number of aliphatic imine (C=N–C) groups is 1. The number of hydrogen-bond acceptors (Lipinski definition) is 5. The minimum atomic E-state index is 0. The van der Waals surface area contributed by atoms with Gasteiger partial charge in [-0.1, -0.05) is 6.07 Å². The smallest absolute Gasteiger partial charge is 0.195 e. The van der Waals surface area contributed by atoms with Crippen LogP contribution in [0.1, 0.15) is 12.0 Å². The Morgan fingerprint density at radius 3 is 2.71 bits per heavy atom. The van der Waals surface area contributed by atoms with E-state index in [4.69, 9.17) is 9.47 Å². The first kappa shape index (κ1) is 24.0. The minimum Gasteiger partial charge on any atom is -0.493 e. The van der Waals surface area contributed by atoms with Crippen molar-refractivity contribution >= 4 is 41.4 Å². The Morgan fingerprint density at radius 2 is 2.00 bits per heavy atom. The molecule has 0 saturated heterocycles. The van der Waals surface area contributed by atoms with E-state index < -0.39 is 0 Å². The van der Waals surface area contributed by atoms with E-state index in [0.29, 0.717) is 25.7 Å². The second kappa shape index (κ2) is 13.2. The molecule has 7 nitrogen and oxygen atoms in total. The zero-order valence-corrected chi connectivity index (χ0v) is 19.3. The van der Waals surface area contributed by atoms with Crippen molar-refractivity contribution in [2.75, 3.05) is 51.7 Å². The molecule has 8 heteroatoms. The lowest BCUT2D eigenvalue weighted by molar-refractivity contribution is 0.172. The topological polar surface area (TPSA) is 71.0 Å². The number of benzene rings is 1. The van der Waals surface area contributed by atoms with Crippen molar-refractivity contribution in [3.05, 3.63) is 48.2 Å². The second-order valence-corrected chi connectivity index (χ2v) is 6.19. The lowest BCUT2D eigenvalue weighted by Crippen LogP contribution is -2.30. The molecule has 1 aromatic carbocycles. The van der Waals surface area contributed by atoms with Crippen molar-refractivity contribution in [3.8, 4) is 5.75 Å². The molecule has 0 radical (unpaired) electrons. The predicted octanol–water partition coefficient (Wildman–Crippen LogP) is 3.37. The minimum absolute atomic E-state index is 0. The molecule has 0 atom stereocenters. The quantitative estimate of drug-likeness (QED) is 0.239. The van der Waals surface area contributed by atoms with Crippen LogP contribution >= 0.6 is 24.0 Å². The molecule has 1 heterocycles. The van der Waals surface area contributed by atoms with E-state index in [1.807, 2.05) is 55.5 Å². The highest BCUT2D eigenvalue weighted by Crippen LogP contribution is 2.17. The number of ether oxygens (including phenoxy) is 2. The van der Waals surface area contributed by atoms with Gasteiger partial charge in [0, 0.05) is 65.8 Å². The van der Waals surface area contributed by atoms with Gasteiger partial charge in [0.1, 0.15) is 11.6 Å². The fraction of sp³-hybridized carbons (Fsp3) is 0.400. The van der Waals surface area contributed by atoms with Crippen molar-refractivity contribution in [2.24, 2.45) is 4.99 Å². The van der Waals surface area contributed by atoms with Gasteiger partial charge in [-0.3, -0.25) is 4.99 Å². The third-order valence-corrected chi connectivity index (χ3v) is 3.81. The molecule has 154 valence electrons. The molecule has 1 aromatic heterocycles. The molecule has 0 aliphatic rings. The van der Waals surface area contributed by atoms with E-state index in [-0.39, 0.29) is 24.0 Å². The average molecular weight is 499 g/mol. The van der Waals surface area contributed by atoms with Gasteiger partial charge in [0.2, 0.25) is 0 Å². The molecule has 0 bridgehead atoms. The normalized spacial score (nSPS) is 10.8. The maximum Gasteiger partial charge on any atom is 0.195 e. The molecular weight excluding hydrogens is 469 g/mol. The Kier molecular flexibility index (Phi) is 11.3. The Hall–Kier alpha value is -2.07. The van der Waals surface area contributed by atoms with Gasteiger partial charge in [-0.15, -0.1) is 24.0 Å². The lowest BCUT2D eigenvalue weighted by atomic mass is 10.2. The van der Waals surface area contributed by atoms with E-state index in [0.717, 1.165) is 29.2 Å². The summed E-state index contributed by atoms with van der Waals surface area (Å²) < 4.78 is 10.8. The summed E-state index contributed by atoms with van der Waals surface area (Å²) in [5, 5.41) is 6.60. The zero-order chi connectivity index (χ0) is 19.5. The molecule has 0 fully saturated rings. The van der Waals surface area contributed by atoms with Crippen LogP contribution in [0, 0.1) is 0 Å². The van der Waals surface area contributed by atoms with Crippen LogP contribution in [0.2, 0.25) is 0 Å². The van der Waals surface area contributed by atoms with Crippen LogP contribution in [0.25, 0.3) is 0 Å². The molecule has 2 rings (SSSR count). The summed E-state index contributed by atoms with van der Waals surface area (Å²) in [4.78, 5) is 10.6. The fourth-order valence-corrected chi connectivity index (χ4v) is 2.37. The summed E-state index contributed by atoms with van der Waals surface area (Å²) in [6, 6.07) is 11.9. The fourth-order valence-electron chi connectivity index (χ4n) is 2.37. The molecule has 0 unspecified atom stereocenters. The van der Waals surface area contributed by atoms with Gasteiger partial charge in [-0.25, -0.2) is 4.98 Å². The highest BCUT2D eigenvalue weighted by molar-refractivity contribution is 14.0. The van der Waals surface area contributed by atoms with Gasteiger partial charge in [-0.05, 0) is 29.8 Å². The van der Waals surface area contributed by atoms with Crippen molar-refractivity contribution in [1.29, 1.82) is 0 Å². The summed E-state index contributed by atoms with van der Waals surface area (Å²) in [5.41, 5.74) is 2.04. The molecule has 0 aliphatic heterocycles. The number of anilines is 2. The third-order valence-electron chi connectivity index (χ3n) is 3.81. The summed E-state index contributed by atoms with van der Waals surface area (Å²) in [5.74, 6) is 2.43. The number of guanidine groups is 1. The molecule has 28 heavy (non-hydrogen) atoms. The standard InChI is InChI=1S/C20H29N5O2.HI/c1-21-20(23-15-16-9-10-22-19(13-16)25(2)3)24-17-7-5-8-18(14-17)27-12-6-11-26-4;/h5,7-10,13-14H,6,11-12,15H2,1-4H3,(H2,21,23,24);1H. The van der Waals surface area contributed by atoms with E-state index in [1.54, 1.807) is 14.2 Å². The van der Waals surface area contributed by atoms with Crippen LogP contribution in [0.5, 0.6) is 5.75 Å². The monoisotopic (exact) mass is 499 g/mol. The van der Waals surface area contributed by atoms with Crippen LogP contribution in [-0.2, 0) is 11.3 Å². The largest absolute Gasteiger partial charge is 0.493 e. The zero-order valence-electron chi connectivity index (χ0n) is 16.9. The van der Waals surface area contributed by atoms with Gasteiger partial charge in [-0.2, -0.15) is 0 Å². The van der Waals surface area contributed by atoms with Crippen LogP contribution in [0.3, 0.4) is 0 Å². The molecule has 0 amide bonds. The maximum absolute atomic E-state index is 5.74. The van der Waals surface area contributed by atoms with E-state index in [9.17, 15) is 0 Å². The van der Waals surface area contributed by atoms with Crippen molar-refractivity contribution in [2.45, 2.75) is 13.0 Å². The van der Waals surface area contributed by atoms with Crippen LogP contribution in [-0.4, -0.2) is 52.4 Å². The van der Waals surface area contributed by atoms with Crippen molar-refractivity contribution in [3.63, 3.8) is 0 Å². The SMILES string of the molecule is CN=C(NCc1ccnc(N(C)C)c1)Nc1cccc(OCCCOC)c1.I. The van der Waals surface area contributed by atoms with Crippen molar-refractivity contribution in [1.82, 2.24) is 10.3 Å². The molecule has 0 aliphatic carbocycles. The van der Waals surface area contributed by atoms with Crippen LogP contribution in [0.15, 0.2) is 47.6 Å². The Balaban J connectivity index is 0.00000392. The van der Waals surface area contributed by atoms with Gasteiger partial charge >= 0.3 is 0 Å². The maximum atomic E-state index is 5.74. The van der Waals surface area contributed by atoms with Crippen LogP contribution < -0.4 is 20.3 Å². The second-order valence-electron chi connectivity index (χ2n) is 6.19. The average Bonchev–Trinajstić information content (AvgIpc) is 2.69. The summed E-state index contributed by atoms with van der Waals surface area (Å²) in [7, 11) is 7.39. The summed E-state index contributed by atoms with van der Waals surface area (Å²) in [6.45, 7) is 1.97. The number of rotatable bonds is 9.